The van der Waals surface area contributed by atoms with E-state index in [1.165, 1.54) is 5.56 Å². The number of hydrogen-bond acceptors (Lipinski definition) is 5. The number of carbonyl (C=O) groups is 1. The maximum atomic E-state index is 13.6. The van der Waals surface area contributed by atoms with Crippen molar-refractivity contribution in [2.24, 2.45) is 5.10 Å². The Labute approximate surface area is 224 Å². The minimum atomic E-state index is -0.172. The minimum Gasteiger partial charge on any atom is -0.494 e. The summed E-state index contributed by atoms with van der Waals surface area (Å²) in [4.78, 5) is 18.3. The largest absolute Gasteiger partial charge is 0.494 e. The molecule has 192 valence electrons. The summed E-state index contributed by atoms with van der Waals surface area (Å²) >= 11 is 6.49. The number of benzene rings is 3. The van der Waals surface area contributed by atoms with Crippen molar-refractivity contribution in [1.82, 2.24) is 14.8 Å². The van der Waals surface area contributed by atoms with Gasteiger partial charge in [0.2, 0.25) is 0 Å². The highest BCUT2D eigenvalue weighted by molar-refractivity contribution is 6.34. The number of hydrogen-bond donors (Lipinski definition) is 0. The van der Waals surface area contributed by atoms with Gasteiger partial charge < -0.3 is 4.74 Å². The van der Waals surface area contributed by atoms with Gasteiger partial charge in [-0.3, -0.25) is 14.6 Å². The topological polar surface area (TPSA) is 48.4 Å². The second-order valence-corrected chi connectivity index (χ2v) is 9.93. The van der Waals surface area contributed by atoms with E-state index < -0.39 is 0 Å². The van der Waals surface area contributed by atoms with E-state index in [4.69, 9.17) is 21.4 Å². The van der Waals surface area contributed by atoms with Crippen LogP contribution in [0.25, 0.3) is 0 Å². The van der Waals surface area contributed by atoms with Gasteiger partial charge in [-0.1, -0.05) is 72.3 Å². The van der Waals surface area contributed by atoms with Gasteiger partial charge in [-0.15, -0.1) is 0 Å². The average molecular weight is 517 g/mol. The highest BCUT2D eigenvalue weighted by Crippen LogP contribution is 2.35. The number of carbonyl (C=O) groups excluding carboxylic acids is 1. The fraction of sp³-hybridized carbons (Fsp3) is 0.333. The van der Waals surface area contributed by atoms with Crippen molar-refractivity contribution in [2.45, 2.75) is 25.9 Å². The number of halogens is 1. The lowest BCUT2D eigenvalue weighted by Gasteiger charge is -2.35. The third kappa shape index (κ3) is 6.21. The van der Waals surface area contributed by atoms with Crippen LogP contribution >= 0.6 is 11.6 Å². The molecule has 5 rings (SSSR count). The Kier molecular flexibility index (Phi) is 8.19. The number of amides is 1. The molecule has 2 heterocycles. The van der Waals surface area contributed by atoms with Gasteiger partial charge in [0.15, 0.2) is 0 Å². The number of piperazine rings is 1. The number of nitrogens with zero attached hydrogens (tertiary/aromatic N) is 4. The number of rotatable bonds is 8. The van der Waals surface area contributed by atoms with Crippen LogP contribution in [0.1, 0.15) is 36.1 Å². The highest BCUT2D eigenvalue weighted by atomic mass is 35.5. The molecule has 0 aliphatic carbocycles. The molecule has 37 heavy (non-hydrogen) atoms. The molecular weight excluding hydrogens is 484 g/mol. The first-order valence-electron chi connectivity index (χ1n) is 13.0. The molecule has 1 amide bonds. The van der Waals surface area contributed by atoms with Gasteiger partial charge in [0.25, 0.3) is 5.91 Å². The predicted octanol–water partition coefficient (Wildman–Crippen LogP) is 5.23. The van der Waals surface area contributed by atoms with Crippen molar-refractivity contribution in [2.75, 3.05) is 39.3 Å². The Hall–Kier alpha value is -3.19. The van der Waals surface area contributed by atoms with E-state index in [-0.39, 0.29) is 11.9 Å². The van der Waals surface area contributed by atoms with Crippen LogP contribution in [0.3, 0.4) is 0 Å². The molecule has 7 heteroatoms. The van der Waals surface area contributed by atoms with Crippen molar-refractivity contribution < 1.29 is 9.53 Å². The van der Waals surface area contributed by atoms with Crippen molar-refractivity contribution in [3.8, 4) is 5.75 Å². The fourth-order valence-corrected chi connectivity index (χ4v) is 5.27. The second kappa shape index (κ2) is 11.9. The van der Waals surface area contributed by atoms with E-state index in [1.807, 2.05) is 61.5 Å². The lowest BCUT2D eigenvalue weighted by Crippen LogP contribution is -2.49. The number of hydrazone groups is 1. The van der Waals surface area contributed by atoms with E-state index in [1.54, 1.807) is 5.01 Å². The molecule has 6 nitrogen and oxygen atoms in total. The zero-order chi connectivity index (χ0) is 25.6. The maximum absolute atomic E-state index is 13.6. The predicted molar refractivity (Wildman–Crippen MR) is 148 cm³/mol. The van der Waals surface area contributed by atoms with Gasteiger partial charge >= 0.3 is 0 Å². The van der Waals surface area contributed by atoms with Gasteiger partial charge in [-0.2, -0.15) is 5.10 Å². The molecule has 0 unspecified atom stereocenters. The lowest BCUT2D eigenvalue weighted by molar-refractivity contribution is -0.134. The Balaban J connectivity index is 1.28. The first-order valence-corrected chi connectivity index (χ1v) is 13.3. The quantitative estimate of drug-likeness (QED) is 0.411. The third-order valence-corrected chi connectivity index (χ3v) is 7.33. The summed E-state index contributed by atoms with van der Waals surface area (Å²) in [6.45, 7) is 7.49. The fourth-order valence-electron chi connectivity index (χ4n) is 5.02. The molecule has 0 bridgehead atoms. The normalized spacial score (nSPS) is 18.6. The molecule has 3 aromatic carbocycles. The Bertz CT molecular complexity index is 1220. The lowest BCUT2D eigenvalue weighted by atomic mass is 9.98. The SMILES string of the molecule is CCOc1ccc([C@H]2CC(c3ccccc3Cl)=NN2C(=O)CN2CCN(Cc3ccccc3)CC2)cc1. The van der Waals surface area contributed by atoms with E-state index in [2.05, 4.69) is 34.1 Å². The molecule has 1 saturated heterocycles. The van der Waals surface area contributed by atoms with Gasteiger partial charge in [0.1, 0.15) is 5.75 Å². The average Bonchev–Trinajstić information content (AvgIpc) is 3.37. The molecule has 0 N–H and O–H groups in total. The molecule has 0 spiro atoms. The Morgan fingerprint density at radius 2 is 1.59 bits per heavy atom. The molecule has 1 fully saturated rings. The van der Waals surface area contributed by atoms with Crippen LogP contribution in [0, 0.1) is 0 Å². The summed E-state index contributed by atoms with van der Waals surface area (Å²) in [6, 6.07) is 26.0. The Morgan fingerprint density at radius 3 is 2.30 bits per heavy atom. The van der Waals surface area contributed by atoms with Gasteiger partial charge in [-0.25, -0.2) is 5.01 Å². The van der Waals surface area contributed by atoms with Crippen molar-refractivity contribution in [3.63, 3.8) is 0 Å². The Morgan fingerprint density at radius 1 is 0.919 bits per heavy atom. The summed E-state index contributed by atoms with van der Waals surface area (Å²) < 4.78 is 5.61. The zero-order valence-corrected chi connectivity index (χ0v) is 22.0. The summed E-state index contributed by atoms with van der Waals surface area (Å²) in [5, 5.41) is 7.14. The van der Waals surface area contributed by atoms with Gasteiger partial charge in [0, 0.05) is 49.7 Å². The monoisotopic (exact) mass is 516 g/mol. The second-order valence-electron chi connectivity index (χ2n) is 9.52. The van der Waals surface area contributed by atoms with Crippen molar-refractivity contribution in [3.05, 3.63) is 101 Å². The molecule has 2 aliphatic rings. The zero-order valence-electron chi connectivity index (χ0n) is 21.2. The molecule has 3 aromatic rings. The van der Waals surface area contributed by atoms with Crippen LogP contribution in [-0.4, -0.2) is 65.8 Å². The van der Waals surface area contributed by atoms with Gasteiger partial charge in [-0.05, 0) is 36.2 Å². The summed E-state index contributed by atoms with van der Waals surface area (Å²) in [7, 11) is 0. The van der Waals surface area contributed by atoms with Crippen LogP contribution < -0.4 is 4.74 Å². The van der Waals surface area contributed by atoms with E-state index >= 15 is 0 Å². The van der Waals surface area contributed by atoms with Crippen LogP contribution in [-0.2, 0) is 11.3 Å². The van der Waals surface area contributed by atoms with E-state index in [9.17, 15) is 4.79 Å². The van der Waals surface area contributed by atoms with Crippen molar-refractivity contribution >= 4 is 23.2 Å². The summed E-state index contributed by atoms with van der Waals surface area (Å²) in [6.07, 6.45) is 0.619. The molecular formula is C30H33ClN4O2. The molecule has 2 aliphatic heterocycles. The van der Waals surface area contributed by atoms with Crippen LogP contribution in [0.5, 0.6) is 5.75 Å². The minimum absolute atomic E-state index is 0.0115. The third-order valence-electron chi connectivity index (χ3n) is 7.00. The molecule has 0 radical (unpaired) electrons. The molecule has 0 aromatic heterocycles. The van der Waals surface area contributed by atoms with Crippen molar-refractivity contribution in [1.29, 1.82) is 0 Å². The standard InChI is InChI=1S/C30H33ClN4O2/c1-2-37-25-14-12-24(13-15-25)29-20-28(26-10-6-7-11-27(26)31)32-35(29)30(36)22-34-18-16-33(17-19-34)21-23-8-4-3-5-9-23/h3-15,29H,2,16-22H2,1H3/t29-/m1/s1. The van der Waals surface area contributed by atoms with Crippen LogP contribution in [0.2, 0.25) is 5.02 Å². The maximum Gasteiger partial charge on any atom is 0.257 e. The molecule has 0 saturated carbocycles. The van der Waals surface area contributed by atoms with E-state index in [0.29, 0.717) is 24.6 Å². The first kappa shape index (κ1) is 25.5. The summed E-state index contributed by atoms with van der Waals surface area (Å²) in [5.74, 6) is 0.834. The van der Waals surface area contributed by atoms with Gasteiger partial charge in [0.05, 0.1) is 24.9 Å². The van der Waals surface area contributed by atoms with Crippen LogP contribution in [0.15, 0.2) is 84.0 Å². The van der Waals surface area contributed by atoms with E-state index in [0.717, 1.165) is 55.3 Å². The highest BCUT2D eigenvalue weighted by Gasteiger charge is 2.34. The van der Waals surface area contributed by atoms with Crippen LogP contribution in [0.4, 0.5) is 0 Å². The number of ether oxygens (including phenoxy) is 1. The smallest absolute Gasteiger partial charge is 0.257 e. The first-order chi connectivity index (χ1) is 18.1. The molecule has 1 atom stereocenters. The summed E-state index contributed by atoms with van der Waals surface area (Å²) in [5.41, 5.74) is 4.08.